The summed E-state index contributed by atoms with van der Waals surface area (Å²) in [4.78, 5) is 18.2. The molecule has 84 valence electrons. The van der Waals surface area contributed by atoms with Crippen LogP contribution in [0.2, 0.25) is 0 Å². The third kappa shape index (κ3) is 4.14. The molecular weight excluding hydrogens is 190 g/mol. The van der Waals surface area contributed by atoms with E-state index in [4.69, 9.17) is 0 Å². The van der Waals surface area contributed by atoms with E-state index in [1.54, 1.807) is 0 Å². The molecule has 0 aliphatic carbocycles. The van der Waals surface area contributed by atoms with E-state index >= 15 is 0 Å². The van der Waals surface area contributed by atoms with Crippen molar-refractivity contribution in [3.05, 3.63) is 22.1 Å². The van der Waals surface area contributed by atoms with Gasteiger partial charge in [-0.05, 0) is 18.8 Å². The number of aromatic nitrogens is 2. The Bertz CT molecular complexity index is 357. The summed E-state index contributed by atoms with van der Waals surface area (Å²) in [6.45, 7) is 7.16. The molecule has 1 aromatic heterocycles. The summed E-state index contributed by atoms with van der Waals surface area (Å²) in [6.07, 6.45) is 1.85. The van der Waals surface area contributed by atoms with Gasteiger partial charge in [-0.15, -0.1) is 0 Å². The van der Waals surface area contributed by atoms with E-state index in [-0.39, 0.29) is 5.56 Å². The normalized spacial score (nSPS) is 10.7. The van der Waals surface area contributed by atoms with E-state index < -0.39 is 0 Å². The van der Waals surface area contributed by atoms with Gasteiger partial charge in [-0.3, -0.25) is 9.78 Å². The minimum atomic E-state index is -0.0890. The number of anilines is 1. The van der Waals surface area contributed by atoms with Crippen molar-refractivity contribution < 1.29 is 0 Å². The van der Waals surface area contributed by atoms with Crippen LogP contribution in [0, 0.1) is 5.92 Å². The van der Waals surface area contributed by atoms with Gasteiger partial charge in [-0.1, -0.05) is 20.8 Å². The molecule has 0 amide bonds. The molecule has 0 aliphatic heterocycles. The molecule has 0 saturated heterocycles. The molecule has 0 atom stereocenters. The number of aromatic amines is 1. The number of nitrogens with one attached hydrogen (secondary N) is 2. The lowest BCUT2D eigenvalue weighted by Crippen LogP contribution is -2.15. The fraction of sp³-hybridized carbons (Fsp3) is 0.636. The topological polar surface area (TPSA) is 57.8 Å². The van der Waals surface area contributed by atoms with Crippen molar-refractivity contribution >= 4 is 5.95 Å². The largest absolute Gasteiger partial charge is 0.356 e. The number of aryl methyl sites for hydroxylation is 1. The molecule has 4 heteroatoms. The minimum absolute atomic E-state index is 0.0890. The molecule has 0 saturated carbocycles. The maximum atomic E-state index is 11.2. The molecule has 0 bridgehead atoms. The van der Waals surface area contributed by atoms with Crippen molar-refractivity contribution in [3.8, 4) is 0 Å². The van der Waals surface area contributed by atoms with Crippen LogP contribution in [0.5, 0.6) is 0 Å². The van der Waals surface area contributed by atoms with Gasteiger partial charge in [0.15, 0.2) is 0 Å². The van der Waals surface area contributed by atoms with Crippen LogP contribution in [0.25, 0.3) is 0 Å². The molecule has 0 aromatic carbocycles. The van der Waals surface area contributed by atoms with Gasteiger partial charge >= 0.3 is 0 Å². The van der Waals surface area contributed by atoms with Crippen molar-refractivity contribution in [1.29, 1.82) is 0 Å². The maximum absolute atomic E-state index is 11.2. The first-order valence-electron chi connectivity index (χ1n) is 5.46. The second-order valence-corrected chi connectivity index (χ2v) is 4.05. The summed E-state index contributed by atoms with van der Waals surface area (Å²) in [7, 11) is 0. The standard InChI is InChI=1S/C11H19N3O/c1-4-9-7-10(15)14-11(13-9)12-6-5-8(2)3/h7-8H,4-6H2,1-3H3,(H2,12,13,14,15). The van der Waals surface area contributed by atoms with E-state index in [9.17, 15) is 4.79 Å². The van der Waals surface area contributed by atoms with Gasteiger partial charge < -0.3 is 5.32 Å². The number of hydrogen-bond donors (Lipinski definition) is 2. The Kier molecular flexibility index (Phi) is 4.34. The monoisotopic (exact) mass is 209 g/mol. The average Bonchev–Trinajstić information content (AvgIpc) is 2.16. The fourth-order valence-corrected chi connectivity index (χ4v) is 1.25. The van der Waals surface area contributed by atoms with Crippen molar-refractivity contribution in [2.75, 3.05) is 11.9 Å². The molecule has 0 fully saturated rings. The van der Waals surface area contributed by atoms with Gasteiger partial charge in [-0.2, -0.15) is 0 Å². The molecule has 0 spiro atoms. The van der Waals surface area contributed by atoms with Crippen LogP contribution in [0.3, 0.4) is 0 Å². The Labute approximate surface area is 90.1 Å². The third-order valence-corrected chi connectivity index (χ3v) is 2.17. The lowest BCUT2D eigenvalue weighted by Gasteiger charge is -2.07. The third-order valence-electron chi connectivity index (χ3n) is 2.17. The summed E-state index contributed by atoms with van der Waals surface area (Å²) < 4.78 is 0. The summed E-state index contributed by atoms with van der Waals surface area (Å²) in [5, 5.41) is 3.12. The lowest BCUT2D eigenvalue weighted by atomic mass is 10.1. The summed E-state index contributed by atoms with van der Waals surface area (Å²) in [6, 6.07) is 1.54. The number of H-pyrrole nitrogens is 1. The molecule has 0 aliphatic rings. The fourth-order valence-electron chi connectivity index (χ4n) is 1.25. The van der Waals surface area contributed by atoms with Crippen molar-refractivity contribution in [2.45, 2.75) is 33.6 Å². The van der Waals surface area contributed by atoms with Crippen LogP contribution in [-0.2, 0) is 6.42 Å². The quantitative estimate of drug-likeness (QED) is 0.777. The summed E-state index contributed by atoms with van der Waals surface area (Å²) in [5.41, 5.74) is 0.736. The highest BCUT2D eigenvalue weighted by Gasteiger charge is 1.99. The SMILES string of the molecule is CCc1cc(=O)[nH]c(NCCC(C)C)n1. The Balaban J connectivity index is 2.60. The molecule has 0 unspecified atom stereocenters. The van der Waals surface area contributed by atoms with E-state index in [1.165, 1.54) is 6.07 Å². The van der Waals surface area contributed by atoms with Crippen LogP contribution >= 0.6 is 0 Å². The molecule has 1 heterocycles. The van der Waals surface area contributed by atoms with Crippen molar-refractivity contribution in [2.24, 2.45) is 5.92 Å². The summed E-state index contributed by atoms with van der Waals surface area (Å²) in [5.74, 6) is 1.23. The first-order valence-corrected chi connectivity index (χ1v) is 5.46. The molecule has 15 heavy (non-hydrogen) atoms. The van der Waals surface area contributed by atoms with E-state index in [2.05, 4.69) is 29.1 Å². The first kappa shape index (κ1) is 11.8. The minimum Gasteiger partial charge on any atom is -0.356 e. The highest BCUT2D eigenvalue weighted by Crippen LogP contribution is 2.01. The Morgan fingerprint density at radius 2 is 2.27 bits per heavy atom. The van der Waals surface area contributed by atoms with E-state index in [0.29, 0.717) is 11.9 Å². The molecule has 1 aromatic rings. The van der Waals surface area contributed by atoms with Crippen LogP contribution < -0.4 is 10.9 Å². The second kappa shape index (κ2) is 5.53. The first-order chi connectivity index (χ1) is 7.11. The second-order valence-electron chi connectivity index (χ2n) is 4.05. The number of rotatable bonds is 5. The molecule has 2 N–H and O–H groups in total. The highest BCUT2D eigenvalue weighted by molar-refractivity contribution is 5.24. The van der Waals surface area contributed by atoms with Gasteiger partial charge in [0.1, 0.15) is 0 Å². The van der Waals surface area contributed by atoms with Gasteiger partial charge in [0.05, 0.1) is 0 Å². The Hall–Kier alpha value is -1.32. The van der Waals surface area contributed by atoms with Crippen LogP contribution in [-0.4, -0.2) is 16.5 Å². The Morgan fingerprint density at radius 1 is 1.53 bits per heavy atom. The lowest BCUT2D eigenvalue weighted by molar-refractivity contribution is 0.605. The van der Waals surface area contributed by atoms with Gasteiger partial charge in [0.25, 0.3) is 5.56 Å². The molecular formula is C11H19N3O. The van der Waals surface area contributed by atoms with Gasteiger partial charge in [0, 0.05) is 18.3 Å². The molecule has 4 nitrogen and oxygen atoms in total. The molecule has 0 radical (unpaired) electrons. The zero-order chi connectivity index (χ0) is 11.3. The van der Waals surface area contributed by atoms with Crippen molar-refractivity contribution in [3.63, 3.8) is 0 Å². The van der Waals surface area contributed by atoms with Crippen LogP contribution in [0.15, 0.2) is 10.9 Å². The number of hydrogen-bond acceptors (Lipinski definition) is 3. The van der Waals surface area contributed by atoms with E-state index in [1.807, 2.05) is 6.92 Å². The molecule has 1 rings (SSSR count). The zero-order valence-electron chi connectivity index (χ0n) is 9.63. The number of nitrogens with zero attached hydrogens (tertiary/aromatic N) is 1. The Morgan fingerprint density at radius 3 is 2.87 bits per heavy atom. The summed E-state index contributed by atoms with van der Waals surface area (Å²) >= 11 is 0. The van der Waals surface area contributed by atoms with Crippen LogP contribution in [0.4, 0.5) is 5.95 Å². The maximum Gasteiger partial charge on any atom is 0.252 e. The predicted octanol–water partition coefficient (Wildman–Crippen LogP) is 1.79. The smallest absolute Gasteiger partial charge is 0.252 e. The van der Waals surface area contributed by atoms with Crippen molar-refractivity contribution in [1.82, 2.24) is 9.97 Å². The van der Waals surface area contributed by atoms with E-state index in [0.717, 1.165) is 25.1 Å². The van der Waals surface area contributed by atoms with Gasteiger partial charge in [0.2, 0.25) is 5.95 Å². The highest BCUT2D eigenvalue weighted by atomic mass is 16.1. The zero-order valence-corrected chi connectivity index (χ0v) is 9.63. The van der Waals surface area contributed by atoms with Crippen LogP contribution in [0.1, 0.15) is 32.9 Å². The average molecular weight is 209 g/mol. The predicted molar refractivity (Wildman–Crippen MR) is 62.2 cm³/mol. The van der Waals surface area contributed by atoms with Gasteiger partial charge in [-0.25, -0.2) is 4.98 Å².